The van der Waals surface area contributed by atoms with Crippen LogP contribution in [0.2, 0.25) is 0 Å². The van der Waals surface area contributed by atoms with E-state index in [1.54, 1.807) is 6.92 Å². The average Bonchev–Trinajstić information content (AvgIpc) is 1.67. The first-order valence-electron chi connectivity index (χ1n) is 2.57. The largest absolute Gasteiger partial charge is 0.480 e. The minimum Gasteiger partial charge on any atom is -0.480 e. The molecule has 0 radical (unpaired) electrons. The van der Waals surface area contributed by atoms with Crippen molar-refractivity contribution in [1.29, 1.82) is 5.41 Å². The highest BCUT2D eigenvalue weighted by atomic mass is 16.5. The summed E-state index contributed by atoms with van der Waals surface area (Å²) in [7, 11) is 0. The molecule has 0 saturated carbocycles. The first-order chi connectivity index (χ1) is 3.68. The Kier molecular flexibility index (Phi) is 3.19. The molecule has 0 aromatic heterocycles. The zero-order chi connectivity index (χ0) is 6.57. The molecule has 2 N–H and O–H groups in total. The van der Waals surface area contributed by atoms with E-state index in [4.69, 9.17) is 10.5 Å². The minimum atomic E-state index is -0.769. The molecule has 0 rings (SSSR count). The van der Waals surface area contributed by atoms with Gasteiger partial charge in [-0.3, -0.25) is 5.41 Å². The molecule has 0 amide bonds. The molecule has 3 nitrogen and oxygen atoms in total. The molecule has 48 valence electrons. The van der Waals surface area contributed by atoms with Gasteiger partial charge >= 0.3 is 0 Å². The lowest BCUT2D eigenvalue weighted by atomic mass is 10.4. The molecule has 0 aromatic rings. The Labute approximate surface area is 48.8 Å². The average molecular weight is 117 g/mol. The fourth-order valence-electron chi connectivity index (χ4n) is 0.276. The van der Waals surface area contributed by atoms with E-state index in [1.807, 2.05) is 0 Å². The third kappa shape index (κ3) is 2.58. The van der Waals surface area contributed by atoms with E-state index in [0.29, 0.717) is 6.61 Å². The second-order valence-corrected chi connectivity index (χ2v) is 1.47. The van der Waals surface area contributed by atoms with Crippen molar-refractivity contribution in [2.45, 2.75) is 20.0 Å². The summed E-state index contributed by atoms with van der Waals surface area (Å²) >= 11 is 0. The molecule has 3 heteroatoms. The molecule has 0 aliphatic carbocycles. The lowest BCUT2D eigenvalue weighted by Gasteiger charge is -2.05. The van der Waals surface area contributed by atoms with Crippen LogP contribution in [0.25, 0.3) is 0 Å². The number of aliphatic hydroxyl groups is 1. The third-order valence-electron chi connectivity index (χ3n) is 0.679. The van der Waals surface area contributed by atoms with Gasteiger partial charge in [-0.2, -0.15) is 0 Å². The van der Waals surface area contributed by atoms with Gasteiger partial charge in [-0.1, -0.05) is 0 Å². The first-order valence-corrected chi connectivity index (χ1v) is 2.57. The fourth-order valence-corrected chi connectivity index (χ4v) is 0.276. The zero-order valence-corrected chi connectivity index (χ0v) is 5.14. The Morgan fingerprint density at radius 1 is 1.88 bits per heavy atom. The van der Waals surface area contributed by atoms with Crippen LogP contribution in [-0.4, -0.2) is 23.7 Å². The van der Waals surface area contributed by atoms with E-state index in [1.165, 1.54) is 6.92 Å². The van der Waals surface area contributed by atoms with E-state index < -0.39 is 6.10 Å². The SMILES string of the molecule is CCOC(=N)C(C)O. The summed E-state index contributed by atoms with van der Waals surface area (Å²) in [5.74, 6) is -0.0625. The van der Waals surface area contributed by atoms with Gasteiger partial charge in [0.1, 0.15) is 6.10 Å². The van der Waals surface area contributed by atoms with Crippen molar-refractivity contribution in [3.05, 3.63) is 0 Å². The lowest BCUT2D eigenvalue weighted by Crippen LogP contribution is -2.17. The van der Waals surface area contributed by atoms with Crippen molar-refractivity contribution in [2.75, 3.05) is 6.61 Å². The maximum absolute atomic E-state index is 8.60. The van der Waals surface area contributed by atoms with E-state index in [9.17, 15) is 0 Å². The molecule has 0 heterocycles. The highest BCUT2D eigenvalue weighted by Crippen LogP contribution is 1.84. The number of aliphatic hydroxyl groups excluding tert-OH is 1. The summed E-state index contributed by atoms with van der Waals surface area (Å²) in [6.07, 6.45) is -0.769. The molecule has 8 heavy (non-hydrogen) atoms. The van der Waals surface area contributed by atoms with Gasteiger partial charge in [0.2, 0.25) is 5.90 Å². The molecule has 0 spiro atoms. The highest BCUT2D eigenvalue weighted by Gasteiger charge is 2.01. The first kappa shape index (κ1) is 7.43. The van der Waals surface area contributed by atoms with Crippen LogP contribution >= 0.6 is 0 Å². The third-order valence-corrected chi connectivity index (χ3v) is 0.679. The van der Waals surface area contributed by atoms with Crippen LogP contribution in [0.5, 0.6) is 0 Å². The van der Waals surface area contributed by atoms with E-state index >= 15 is 0 Å². The van der Waals surface area contributed by atoms with Gasteiger partial charge in [-0.25, -0.2) is 0 Å². The van der Waals surface area contributed by atoms with Crippen molar-refractivity contribution >= 4 is 5.90 Å². The zero-order valence-electron chi connectivity index (χ0n) is 5.14. The summed E-state index contributed by atoms with van der Waals surface area (Å²) in [4.78, 5) is 0. The number of hydrogen-bond donors (Lipinski definition) is 2. The smallest absolute Gasteiger partial charge is 0.209 e. The Hall–Kier alpha value is -0.570. The van der Waals surface area contributed by atoms with Crippen molar-refractivity contribution in [1.82, 2.24) is 0 Å². The van der Waals surface area contributed by atoms with Crippen LogP contribution < -0.4 is 0 Å². The summed E-state index contributed by atoms with van der Waals surface area (Å²) < 4.78 is 4.64. The maximum Gasteiger partial charge on any atom is 0.209 e. The second-order valence-electron chi connectivity index (χ2n) is 1.47. The van der Waals surface area contributed by atoms with Gasteiger partial charge in [0.15, 0.2) is 0 Å². The van der Waals surface area contributed by atoms with Crippen LogP contribution in [0.3, 0.4) is 0 Å². The highest BCUT2D eigenvalue weighted by molar-refractivity contribution is 5.76. The molecular formula is C5H11NO2. The predicted octanol–water partition coefficient (Wildman–Crippen LogP) is 0.381. The van der Waals surface area contributed by atoms with Gasteiger partial charge in [0.25, 0.3) is 0 Å². The summed E-state index contributed by atoms with van der Waals surface area (Å²) in [6, 6.07) is 0. The van der Waals surface area contributed by atoms with Crippen LogP contribution in [-0.2, 0) is 4.74 Å². The van der Waals surface area contributed by atoms with Crippen LogP contribution in [0.4, 0.5) is 0 Å². The molecule has 0 aliphatic heterocycles. The van der Waals surface area contributed by atoms with E-state index in [0.717, 1.165) is 0 Å². The standard InChI is InChI=1S/C5H11NO2/c1-3-8-5(6)4(2)7/h4,6-7H,3H2,1-2H3. The van der Waals surface area contributed by atoms with Gasteiger partial charge < -0.3 is 9.84 Å². The van der Waals surface area contributed by atoms with Gasteiger partial charge in [0, 0.05) is 0 Å². The normalized spacial score (nSPS) is 12.9. The van der Waals surface area contributed by atoms with Gasteiger partial charge in [0.05, 0.1) is 6.61 Å². The number of ether oxygens (including phenoxy) is 1. The maximum atomic E-state index is 8.60. The Morgan fingerprint density at radius 2 is 2.38 bits per heavy atom. The molecule has 0 bridgehead atoms. The van der Waals surface area contributed by atoms with Crippen LogP contribution in [0.1, 0.15) is 13.8 Å². The van der Waals surface area contributed by atoms with Crippen molar-refractivity contribution in [3.8, 4) is 0 Å². The number of nitrogens with one attached hydrogen (secondary N) is 1. The molecule has 0 aromatic carbocycles. The topological polar surface area (TPSA) is 53.3 Å². The predicted molar refractivity (Wildman–Crippen MR) is 31.0 cm³/mol. The minimum absolute atomic E-state index is 0.0625. The number of hydrogen-bond acceptors (Lipinski definition) is 3. The Balaban J connectivity index is 3.33. The monoisotopic (exact) mass is 117 g/mol. The molecule has 0 saturated heterocycles. The molecular weight excluding hydrogens is 106 g/mol. The lowest BCUT2D eigenvalue weighted by molar-refractivity contribution is 0.202. The molecule has 1 atom stereocenters. The van der Waals surface area contributed by atoms with Crippen molar-refractivity contribution < 1.29 is 9.84 Å². The molecule has 0 fully saturated rings. The second kappa shape index (κ2) is 3.43. The van der Waals surface area contributed by atoms with E-state index in [-0.39, 0.29) is 5.90 Å². The quantitative estimate of drug-likeness (QED) is 0.406. The summed E-state index contributed by atoms with van der Waals surface area (Å²) in [5, 5.41) is 15.5. The summed E-state index contributed by atoms with van der Waals surface area (Å²) in [6.45, 7) is 3.72. The number of rotatable bonds is 2. The van der Waals surface area contributed by atoms with Crippen LogP contribution in [0.15, 0.2) is 0 Å². The molecule has 0 aliphatic rings. The van der Waals surface area contributed by atoms with Crippen LogP contribution in [0, 0.1) is 5.41 Å². The fraction of sp³-hybridized carbons (Fsp3) is 0.800. The summed E-state index contributed by atoms with van der Waals surface area (Å²) in [5.41, 5.74) is 0. The van der Waals surface area contributed by atoms with Crippen molar-refractivity contribution in [3.63, 3.8) is 0 Å². The Bertz CT molecular complexity index is 80.5. The Morgan fingerprint density at radius 3 is 2.50 bits per heavy atom. The van der Waals surface area contributed by atoms with E-state index in [2.05, 4.69) is 4.74 Å². The van der Waals surface area contributed by atoms with Crippen molar-refractivity contribution in [2.24, 2.45) is 0 Å². The van der Waals surface area contributed by atoms with Gasteiger partial charge in [-0.15, -0.1) is 0 Å². The molecule has 1 unspecified atom stereocenters. The van der Waals surface area contributed by atoms with Gasteiger partial charge in [-0.05, 0) is 13.8 Å².